The van der Waals surface area contributed by atoms with Gasteiger partial charge in [0.1, 0.15) is 0 Å². The lowest BCUT2D eigenvalue weighted by Crippen LogP contribution is -2.45. The van der Waals surface area contributed by atoms with Crippen molar-refractivity contribution < 1.29 is 5.11 Å². The van der Waals surface area contributed by atoms with E-state index in [0.29, 0.717) is 5.92 Å². The highest BCUT2D eigenvalue weighted by molar-refractivity contribution is 7.11. The smallest absolute Gasteiger partial charge is 0.0930 e. The topological polar surface area (TPSA) is 36.4 Å². The third-order valence-corrected chi connectivity index (χ3v) is 5.23. The highest BCUT2D eigenvalue weighted by Gasteiger charge is 2.38. The molecule has 1 atom stereocenters. The van der Waals surface area contributed by atoms with E-state index in [1.165, 1.54) is 16.3 Å². The summed E-state index contributed by atoms with van der Waals surface area (Å²) in [7, 11) is 0. The molecule has 0 aliphatic carbocycles. The van der Waals surface area contributed by atoms with Crippen molar-refractivity contribution in [2.45, 2.75) is 58.5 Å². The third-order valence-electron chi connectivity index (χ3n) is 4.22. The number of hydrogen-bond donors (Lipinski definition) is 1. The number of aliphatic hydroxyl groups is 1. The molecule has 19 heavy (non-hydrogen) atoms. The first kappa shape index (κ1) is 14.9. The van der Waals surface area contributed by atoms with Gasteiger partial charge in [0, 0.05) is 29.6 Å². The zero-order valence-corrected chi connectivity index (χ0v) is 13.2. The van der Waals surface area contributed by atoms with Crippen molar-refractivity contribution in [3.63, 3.8) is 0 Å². The van der Waals surface area contributed by atoms with Crippen LogP contribution in [0.3, 0.4) is 0 Å². The third kappa shape index (κ3) is 3.36. The quantitative estimate of drug-likeness (QED) is 0.871. The van der Waals surface area contributed by atoms with Crippen molar-refractivity contribution in [1.29, 1.82) is 0 Å². The van der Waals surface area contributed by atoms with Crippen LogP contribution in [0.5, 0.6) is 0 Å². The summed E-state index contributed by atoms with van der Waals surface area (Å²) in [5, 5.41) is 11.0. The Morgan fingerprint density at radius 3 is 2.95 bits per heavy atom. The van der Waals surface area contributed by atoms with Crippen LogP contribution in [0.2, 0.25) is 0 Å². The fourth-order valence-corrected chi connectivity index (χ4v) is 4.14. The standard InChI is InChI=1S/C15H26N2OS/c1-4-15(11-18)6-5-7-17(15)10-13-9-16-14(19-13)8-12(2)3/h9,12,18H,4-8,10-11H2,1-3H3/t15-/m0/s1. The zero-order valence-electron chi connectivity index (χ0n) is 12.4. The van der Waals surface area contributed by atoms with E-state index < -0.39 is 0 Å². The SMILES string of the molecule is CC[C@@]1(CO)CCCN1Cc1cnc(CC(C)C)s1. The van der Waals surface area contributed by atoms with Crippen LogP contribution in [-0.4, -0.2) is 33.7 Å². The van der Waals surface area contributed by atoms with Crippen LogP contribution in [0.4, 0.5) is 0 Å². The maximum Gasteiger partial charge on any atom is 0.0930 e. The molecule has 2 heterocycles. The molecule has 0 unspecified atom stereocenters. The van der Waals surface area contributed by atoms with Crippen molar-refractivity contribution in [2.24, 2.45) is 5.92 Å². The van der Waals surface area contributed by atoms with Gasteiger partial charge in [-0.25, -0.2) is 4.98 Å². The molecule has 0 aromatic carbocycles. The predicted octanol–water partition coefficient (Wildman–Crippen LogP) is 3.08. The predicted molar refractivity (Wildman–Crippen MR) is 80.4 cm³/mol. The molecule has 0 bridgehead atoms. The summed E-state index contributed by atoms with van der Waals surface area (Å²) in [6.45, 7) is 8.98. The molecule has 1 aliphatic heterocycles. The molecule has 4 heteroatoms. The first-order valence-electron chi connectivity index (χ1n) is 7.39. The van der Waals surface area contributed by atoms with E-state index in [4.69, 9.17) is 0 Å². The molecule has 1 saturated heterocycles. The molecule has 0 saturated carbocycles. The van der Waals surface area contributed by atoms with Crippen molar-refractivity contribution in [3.8, 4) is 0 Å². The minimum absolute atomic E-state index is 0.0161. The Bertz CT molecular complexity index is 399. The van der Waals surface area contributed by atoms with Crippen LogP contribution in [0.15, 0.2) is 6.20 Å². The van der Waals surface area contributed by atoms with E-state index >= 15 is 0 Å². The van der Waals surface area contributed by atoms with E-state index in [0.717, 1.165) is 32.4 Å². The molecule has 108 valence electrons. The fraction of sp³-hybridized carbons (Fsp3) is 0.800. The molecular formula is C15H26N2OS. The molecule has 0 radical (unpaired) electrons. The molecule has 3 nitrogen and oxygen atoms in total. The molecular weight excluding hydrogens is 256 g/mol. The maximum absolute atomic E-state index is 9.74. The second-order valence-electron chi connectivity index (χ2n) is 6.08. The van der Waals surface area contributed by atoms with E-state index in [1.807, 2.05) is 17.5 Å². The van der Waals surface area contributed by atoms with Gasteiger partial charge >= 0.3 is 0 Å². The Hall–Kier alpha value is -0.450. The van der Waals surface area contributed by atoms with Gasteiger partial charge in [-0.2, -0.15) is 0 Å². The molecule has 0 amide bonds. The lowest BCUT2D eigenvalue weighted by molar-refractivity contribution is 0.0555. The summed E-state index contributed by atoms with van der Waals surface area (Å²) in [4.78, 5) is 8.32. The van der Waals surface area contributed by atoms with Crippen molar-refractivity contribution >= 4 is 11.3 Å². The zero-order chi connectivity index (χ0) is 13.9. The normalized spacial score (nSPS) is 24.5. The average Bonchev–Trinajstić information content (AvgIpc) is 2.97. The Kier molecular flexibility index (Phi) is 4.98. The largest absolute Gasteiger partial charge is 0.394 e. The van der Waals surface area contributed by atoms with Crippen molar-refractivity contribution in [2.75, 3.05) is 13.2 Å². The minimum Gasteiger partial charge on any atom is -0.394 e. The van der Waals surface area contributed by atoms with Gasteiger partial charge in [0.2, 0.25) is 0 Å². The van der Waals surface area contributed by atoms with Gasteiger partial charge in [-0.1, -0.05) is 20.8 Å². The summed E-state index contributed by atoms with van der Waals surface area (Å²) < 4.78 is 0. The van der Waals surface area contributed by atoms with E-state index in [2.05, 4.69) is 30.7 Å². The van der Waals surface area contributed by atoms with Crippen LogP contribution in [0.1, 0.15) is 49.9 Å². The van der Waals surface area contributed by atoms with Gasteiger partial charge in [-0.15, -0.1) is 11.3 Å². The van der Waals surface area contributed by atoms with Crippen LogP contribution in [0.25, 0.3) is 0 Å². The number of rotatable bonds is 6. The molecule has 1 aromatic rings. The second-order valence-corrected chi connectivity index (χ2v) is 7.28. The summed E-state index contributed by atoms with van der Waals surface area (Å²) in [5.74, 6) is 0.665. The Balaban J connectivity index is 2.02. The molecule has 0 spiro atoms. The number of thiazole rings is 1. The summed E-state index contributed by atoms with van der Waals surface area (Å²) >= 11 is 1.84. The molecule has 1 aliphatic rings. The van der Waals surface area contributed by atoms with Gasteiger partial charge in [0.25, 0.3) is 0 Å². The van der Waals surface area contributed by atoms with E-state index in [-0.39, 0.29) is 12.1 Å². The Labute approximate surface area is 120 Å². The first-order chi connectivity index (χ1) is 9.09. The van der Waals surface area contributed by atoms with Crippen molar-refractivity contribution in [1.82, 2.24) is 9.88 Å². The number of likely N-dealkylation sites (tertiary alicyclic amines) is 1. The molecule has 1 N–H and O–H groups in total. The molecule has 2 rings (SSSR count). The monoisotopic (exact) mass is 282 g/mol. The van der Waals surface area contributed by atoms with Crippen LogP contribution >= 0.6 is 11.3 Å². The Morgan fingerprint density at radius 1 is 1.53 bits per heavy atom. The first-order valence-corrected chi connectivity index (χ1v) is 8.21. The molecule has 1 fully saturated rings. The lowest BCUT2D eigenvalue weighted by Gasteiger charge is -2.36. The Morgan fingerprint density at radius 2 is 2.32 bits per heavy atom. The lowest BCUT2D eigenvalue weighted by atomic mass is 9.94. The molecule has 1 aromatic heterocycles. The van der Waals surface area contributed by atoms with Crippen molar-refractivity contribution in [3.05, 3.63) is 16.1 Å². The summed E-state index contributed by atoms with van der Waals surface area (Å²) in [6.07, 6.45) is 6.45. The van der Waals surface area contributed by atoms with Crippen LogP contribution in [-0.2, 0) is 13.0 Å². The maximum atomic E-state index is 9.74. The minimum atomic E-state index is 0.0161. The average molecular weight is 282 g/mol. The van der Waals surface area contributed by atoms with Gasteiger partial charge in [-0.3, -0.25) is 4.90 Å². The van der Waals surface area contributed by atoms with Gasteiger partial charge < -0.3 is 5.11 Å². The highest BCUT2D eigenvalue weighted by Crippen LogP contribution is 2.34. The summed E-state index contributed by atoms with van der Waals surface area (Å²) in [6, 6.07) is 0. The van der Waals surface area contributed by atoms with E-state index in [9.17, 15) is 5.11 Å². The summed E-state index contributed by atoms with van der Waals surface area (Å²) in [5.41, 5.74) is 0.0161. The highest BCUT2D eigenvalue weighted by atomic mass is 32.1. The van der Waals surface area contributed by atoms with Crippen LogP contribution < -0.4 is 0 Å². The number of aliphatic hydroxyl groups excluding tert-OH is 1. The van der Waals surface area contributed by atoms with Crippen LogP contribution in [0, 0.1) is 5.92 Å². The van der Waals surface area contributed by atoms with Gasteiger partial charge in [0.05, 0.1) is 11.6 Å². The van der Waals surface area contributed by atoms with Gasteiger partial charge in [-0.05, 0) is 31.7 Å². The van der Waals surface area contributed by atoms with Gasteiger partial charge in [0.15, 0.2) is 0 Å². The number of nitrogens with zero attached hydrogens (tertiary/aromatic N) is 2. The fourth-order valence-electron chi connectivity index (χ4n) is 2.99. The number of hydrogen-bond acceptors (Lipinski definition) is 4. The van der Waals surface area contributed by atoms with E-state index in [1.54, 1.807) is 0 Å². The second kappa shape index (κ2) is 6.33. The number of aromatic nitrogens is 1.